The number of morpholine rings is 1. The minimum absolute atomic E-state index is 0.106. The number of unbranched alkanes of at least 4 members (excludes halogenated alkanes) is 13. The van der Waals surface area contributed by atoms with Crippen LogP contribution in [0.2, 0.25) is 0 Å². The molecule has 2 rings (SSSR count). The smallest absolute Gasteiger partial charge is 0.410 e. The zero-order valence-corrected chi connectivity index (χ0v) is 26.7. The standard InChI is InChI=1S/C35H61N3O4/c1-2-3-4-5-6-7-8-9-10-11-12-13-14-16-20-32(31-37-35(40)42-33-21-17-15-18-22-33)23-24-34(39)36-25-19-26-38-27-29-41-30-28-38/h15,17-18,21-22,32H,2-14,16,19-20,23-31H2,1H3,(H,36,39)(H,37,40). The molecule has 2 amide bonds. The maximum absolute atomic E-state index is 12.5. The first kappa shape index (κ1) is 36.1. The second kappa shape index (κ2) is 25.4. The van der Waals surface area contributed by atoms with Gasteiger partial charge in [-0.1, -0.05) is 115 Å². The van der Waals surface area contributed by atoms with Crippen LogP contribution in [0.1, 0.15) is 122 Å². The Morgan fingerprint density at radius 2 is 1.38 bits per heavy atom. The molecule has 7 nitrogen and oxygen atoms in total. The summed E-state index contributed by atoms with van der Waals surface area (Å²) in [6.07, 6.45) is 21.6. The van der Waals surface area contributed by atoms with Gasteiger partial charge in [-0.25, -0.2) is 4.79 Å². The summed E-state index contributed by atoms with van der Waals surface area (Å²) >= 11 is 0. The second-order valence-corrected chi connectivity index (χ2v) is 12.0. The van der Waals surface area contributed by atoms with Gasteiger partial charge < -0.3 is 20.1 Å². The minimum atomic E-state index is -0.431. The van der Waals surface area contributed by atoms with E-state index in [0.29, 0.717) is 25.3 Å². The van der Waals surface area contributed by atoms with Crippen LogP contribution in [0.5, 0.6) is 5.75 Å². The molecular formula is C35H61N3O4. The summed E-state index contributed by atoms with van der Waals surface area (Å²) in [5.74, 6) is 0.912. The number of nitrogens with zero attached hydrogens (tertiary/aromatic N) is 1. The highest BCUT2D eigenvalue weighted by atomic mass is 16.6. The molecule has 1 heterocycles. The first-order chi connectivity index (χ1) is 20.7. The minimum Gasteiger partial charge on any atom is -0.410 e. The predicted molar refractivity (Wildman–Crippen MR) is 173 cm³/mol. The molecule has 240 valence electrons. The number of nitrogens with one attached hydrogen (secondary N) is 2. The largest absolute Gasteiger partial charge is 0.412 e. The Morgan fingerprint density at radius 1 is 0.786 bits per heavy atom. The third-order valence-electron chi connectivity index (χ3n) is 8.31. The van der Waals surface area contributed by atoms with Gasteiger partial charge in [0.2, 0.25) is 5.91 Å². The maximum Gasteiger partial charge on any atom is 0.412 e. The van der Waals surface area contributed by atoms with Crippen molar-refractivity contribution < 1.29 is 19.1 Å². The third kappa shape index (κ3) is 19.9. The zero-order valence-electron chi connectivity index (χ0n) is 26.7. The molecule has 0 aliphatic carbocycles. The fraction of sp³-hybridized carbons (Fsp3) is 0.771. The molecule has 0 bridgehead atoms. The lowest BCUT2D eigenvalue weighted by atomic mass is 9.95. The summed E-state index contributed by atoms with van der Waals surface area (Å²) in [5.41, 5.74) is 0. The van der Waals surface area contributed by atoms with E-state index in [2.05, 4.69) is 22.5 Å². The molecule has 1 fully saturated rings. The fourth-order valence-electron chi connectivity index (χ4n) is 5.61. The van der Waals surface area contributed by atoms with Gasteiger partial charge in [-0.15, -0.1) is 0 Å². The van der Waals surface area contributed by atoms with E-state index in [4.69, 9.17) is 9.47 Å². The Balaban J connectivity index is 1.58. The number of ether oxygens (including phenoxy) is 2. The van der Waals surface area contributed by atoms with Crippen LogP contribution < -0.4 is 15.4 Å². The second-order valence-electron chi connectivity index (χ2n) is 12.0. The molecule has 1 saturated heterocycles. The molecule has 0 spiro atoms. The molecule has 1 aliphatic heterocycles. The number of rotatable bonds is 25. The first-order valence-corrected chi connectivity index (χ1v) is 17.2. The van der Waals surface area contributed by atoms with Crippen LogP contribution in [0.15, 0.2) is 30.3 Å². The molecule has 0 aromatic heterocycles. The van der Waals surface area contributed by atoms with Gasteiger partial charge in [-0.2, -0.15) is 0 Å². The summed E-state index contributed by atoms with van der Waals surface area (Å²) in [6, 6.07) is 9.14. The van der Waals surface area contributed by atoms with Crippen molar-refractivity contribution in [3.05, 3.63) is 30.3 Å². The van der Waals surface area contributed by atoms with Crippen molar-refractivity contribution in [1.82, 2.24) is 15.5 Å². The van der Waals surface area contributed by atoms with Gasteiger partial charge >= 0.3 is 6.09 Å². The van der Waals surface area contributed by atoms with Crippen LogP contribution in [0.4, 0.5) is 4.79 Å². The molecule has 2 N–H and O–H groups in total. The number of para-hydroxylation sites is 1. The quantitative estimate of drug-likeness (QED) is 0.114. The van der Waals surface area contributed by atoms with Crippen LogP contribution in [0, 0.1) is 5.92 Å². The lowest BCUT2D eigenvalue weighted by Crippen LogP contribution is -2.38. The van der Waals surface area contributed by atoms with E-state index in [1.165, 1.54) is 83.5 Å². The monoisotopic (exact) mass is 587 g/mol. The summed E-state index contributed by atoms with van der Waals surface area (Å²) in [7, 11) is 0. The molecule has 1 aliphatic rings. The number of carbonyl (C=O) groups is 2. The summed E-state index contributed by atoms with van der Waals surface area (Å²) in [5, 5.41) is 6.02. The van der Waals surface area contributed by atoms with Crippen molar-refractivity contribution >= 4 is 12.0 Å². The van der Waals surface area contributed by atoms with E-state index in [1.807, 2.05) is 18.2 Å². The van der Waals surface area contributed by atoms with Crippen LogP contribution in [-0.2, 0) is 9.53 Å². The van der Waals surface area contributed by atoms with E-state index < -0.39 is 6.09 Å². The molecule has 42 heavy (non-hydrogen) atoms. The van der Waals surface area contributed by atoms with Crippen molar-refractivity contribution in [3.8, 4) is 5.75 Å². The topological polar surface area (TPSA) is 79.9 Å². The number of amides is 2. The Hall–Kier alpha value is -2.12. The van der Waals surface area contributed by atoms with E-state index in [1.54, 1.807) is 12.1 Å². The van der Waals surface area contributed by atoms with Crippen LogP contribution in [0.3, 0.4) is 0 Å². The van der Waals surface area contributed by atoms with Gasteiger partial charge in [-0.05, 0) is 43.9 Å². The predicted octanol–water partition coefficient (Wildman–Crippen LogP) is 7.88. The van der Waals surface area contributed by atoms with Gasteiger partial charge in [0.25, 0.3) is 0 Å². The van der Waals surface area contributed by atoms with E-state index in [0.717, 1.165) is 58.5 Å². The van der Waals surface area contributed by atoms with Crippen LogP contribution >= 0.6 is 0 Å². The molecule has 0 radical (unpaired) electrons. The average molecular weight is 588 g/mol. The van der Waals surface area contributed by atoms with E-state index >= 15 is 0 Å². The normalized spacial score (nSPS) is 14.4. The molecule has 1 unspecified atom stereocenters. The molecular weight excluding hydrogens is 526 g/mol. The van der Waals surface area contributed by atoms with Crippen molar-refractivity contribution in [2.45, 2.75) is 122 Å². The Morgan fingerprint density at radius 3 is 2.00 bits per heavy atom. The average Bonchev–Trinajstić information content (AvgIpc) is 3.01. The Labute approximate surface area is 256 Å². The van der Waals surface area contributed by atoms with Crippen molar-refractivity contribution in [2.75, 3.05) is 45.9 Å². The van der Waals surface area contributed by atoms with Gasteiger partial charge in [-0.3, -0.25) is 9.69 Å². The van der Waals surface area contributed by atoms with Crippen LogP contribution in [-0.4, -0.2) is 62.8 Å². The lowest BCUT2D eigenvalue weighted by Gasteiger charge is -2.26. The molecule has 0 saturated carbocycles. The Kier molecular flexibility index (Phi) is 21.8. The molecule has 1 aromatic rings. The highest BCUT2D eigenvalue weighted by molar-refractivity contribution is 5.75. The fourth-order valence-corrected chi connectivity index (χ4v) is 5.61. The van der Waals surface area contributed by atoms with E-state index in [9.17, 15) is 9.59 Å². The van der Waals surface area contributed by atoms with E-state index in [-0.39, 0.29) is 11.8 Å². The molecule has 1 aromatic carbocycles. The Bertz CT molecular complexity index is 786. The van der Waals surface area contributed by atoms with Gasteiger partial charge in [0.15, 0.2) is 0 Å². The number of benzene rings is 1. The third-order valence-corrected chi connectivity index (χ3v) is 8.31. The summed E-state index contributed by atoms with van der Waals surface area (Å²) < 4.78 is 10.8. The highest BCUT2D eigenvalue weighted by Crippen LogP contribution is 2.18. The summed E-state index contributed by atoms with van der Waals surface area (Å²) in [4.78, 5) is 27.3. The van der Waals surface area contributed by atoms with Crippen molar-refractivity contribution in [3.63, 3.8) is 0 Å². The SMILES string of the molecule is CCCCCCCCCCCCCCCCC(CCC(=O)NCCCN1CCOCC1)CNC(=O)Oc1ccccc1. The number of hydrogen-bond acceptors (Lipinski definition) is 5. The first-order valence-electron chi connectivity index (χ1n) is 17.2. The number of carbonyl (C=O) groups excluding carboxylic acids is 2. The zero-order chi connectivity index (χ0) is 29.9. The molecule has 1 atom stereocenters. The van der Waals surface area contributed by atoms with Crippen molar-refractivity contribution in [2.24, 2.45) is 5.92 Å². The summed E-state index contributed by atoms with van der Waals surface area (Å²) in [6.45, 7) is 8.09. The van der Waals surface area contributed by atoms with Crippen LogP contribution in [0.25, 0.3) is 0 Å². The van der Waals surface area contributed by atoms with Gasteiger partial charge in [0, 0.05) is 32.6 Å². The lowest BCUT2D eigenvalue weighted by molar-refractivity contribution is -0.121. The molecule has 7 heteroatoms. The van der Waals surface area contributed by atoms with Gasteiger partial charge in [0.05, 0.1) is 13.2 Å². The number of hydrogen-bond donors (Lipinski definition) is 2. The van der Waals surface area contributed by atoms with Crippen molar-refractivity contribution in [1.29, 1.82) is 0 Å². The van der Waals surface area contributed by atoms with Gasteiger partial charge in [0.1, 0.15) is 5.75 Å². The maximum atomic E-state index is 12.5. The highest BCUT2D eigenvalue weighted by Gasteiger charge is 2.15.